The smallest absolute Gasteiger partial charge is 0.253 e. The highest BCUT2D eigenvalue weighted by atomic mass is 16.2. The van der Waals surface area contributed by atoms with Gasteiger partial charge in [0, 0.05) is 25.2 Å². The summed E-state index contributed by atoms with van der Waals surface area (Å²) >= 11 is 0. The van der Waals surface area contributed by atoms with Crippen molar-refractivity contribution in [2.75, 3.05) is 13.1 Å². The third-order valence-electron chi connectivity index (χ3n) is 4.44. The van der Waals surface area contributed by atoms with Crippen molar-refractivity contribution in [2.24, 2.45) is 5.92 Å². The highest BCUT2D eigenvalue weighted by molar-refractivity contribution is 5.94. The normalized spacial score (nSPS) is 15.2. The molecule has 1 unspecified atom stereocenters. The zero-order chi connectivity index (χ0) is 17.6. The summed E-state index contributed by atoms with van der Waals surface area (Å²) in [7, 11) is 0. The number of carbonyl (C=O) groups is 2. The van der Waals surface area contributed by atoms with Gasteiger partial charge in [0.15, 0.2) is 0 Å². The van der Waals surface area contributed by atoms with Crippen LogP contribution < -0.4 is 5.32 Å². The molecule has 1 atom stereocenters. The Morgan fingerprint density at radius 2 is 1.92 bits per heavy atom. The van der Waals surface area contributed by atoms with Gasteiger partial charge in [-0.05, 0) is 30.5 Å². The lowest BCUT2D eigenvalue weighted by Gasteiger charge is -2.15. The van der Waals surface area contributed by atoms with Crippen LogP contribution in [0.2, 0.25) is 0 Å². The van der Waals surface area contributed by atoms with Crippen molar-refractivity contribution >= 4 is 11.8 Å². The van der Waals surface area contributed by atoms with Crippen LogP contribution in [0.25, 0.3) is 0 Å². The van der Waals surface area contributed by atoms with Gasteiger partial charge in [-0.3, -0.25) is 14.3 Å². The minimum absolute atomic E-state index is 0.0345. The summed E-state index contributed by atoms with van der Waals surface area (Å²) in [5.74, 6) is -0.139. The minimum atomic E-state index is -0.197. The first-order valence-electron chi connectivity index (χ1n) is 8.62. The van der Waals surface area contributed by atoms with Crippen LogP contribution in [0.1, 0.15) is 35.7 Å². The van der Waals surface area contributed by atoms with Gasteiger partial charge in [0.05, 0.1) is 12.5 Å². The Morgan fingerprint density at radius 3 is 2.56 bits per heavy atom. The molecule has 0 bridgehead atoms. The number of hydrogen-bond donors (Lipinski definition) is 1. The summed E-state index contributed by atoms with van der Waals surface area (Å²) in [6, 6.07) is 7.46. The highest BCUT2D eigenvalue weighted by Crippen LogP contribution is 2.13. The van der Waals surface area contributed by atoms with Gasteiger partial charge in [-0.1, -0.05) is 19.1 Å². The number of aromatic nitrogens is 3. The Hall–Kier alpha value is -2.70. The van der Waals surface area contributed by atoms with Crippen molar-refractivity contribution in [2.45, 2.75) is 32.9 Å². The Balaban J connectivity index is 1.49. The number of benzene rings is 1. The predicted molar refractivity (Wildman–Crippen MR) is 92.6 cm³/mol. The molecule has 1 saturated heterocycles. The number of likely N-dealkylation sites (tertiary alicyclic amines) is 1. The van der Waals surface area contributed by atoms with Crippen molar-refractivity contribution < 1.29 is 9.59 Å². The maximum Gasteiger partial charge on any atom is 0.253 e. The Morgan fingerprint density at radius 1 is 1.20 bits per heavy atom. The highest BCUT2D eigenvalue weighted by Gasteiger charge is 2.19. The molecule has 7 nitrogen and oxygen atoms in total. The third-order valence-corrected chi connectivity index (χ3v) is 4.44. The average Bonchev–Trinajstić information content (AvgIpc) is 3.33. The maximum atomic E-state index is 12.3. The first-order chi connectivity index (χ1) is 12.1. The molecule has 0 spiro atoms. The van der Waals surface area contributed by atoms with E-state index in [2.05, 4.69) is 15.4 Å². The second-order valence-corrected chi connectivity index (χ2v) is 6.43. The van der Waals surface area contributed by atoms with E-state index in [0.717, 1.165) is 31.5 Å². The number of nitrogens with zero attached hydrogens (tertiary/aromatic N) is 4. The summed E-state index contributed by atoms with van der Waals surface area (Å²) in [5, 5.41) is 6.92. The van der Waals surface area contributed by atoms with E-state index in [1.54, 1.807) is 11.0 Å². The van der Waals surface area contributed by atoms with Gasteiger partial charge in [-0.25, -0.2) is 4.98 Å². The van der Waals surface area contributed by atoms with Crippen molar-refractivity contribution in [1.82, 2.24) is 25.0 Å². The summed E-state index contributed by atoms with van der Waals surface area (Å²) in [5.41, 5.74) is 1.68. The lowest BCUT2D eigenvalue weighted by molar-refractivity contribution is -0.125. The summed E-state index contributed by atoms with van der Waals surface area (Å²) in [4.78, 5) is 30.2. The molecule has 7 heteroatoms. The molecule has 0 saturated carbocycles. The molecular formula is C18H23N5O2. The predicted octanol–water partition coefficient (Wildman–Crippen LogP) is 1.47. The molecule has 2 heterocycles. The van der Waals surface area contributed by atoms with Gasteiger partial charge >= 0.3 is 0 Å². The second-order valence-electron chi connectivity index (χ2n) is 6.43. The van der Waals surface area contributed by atoms with E-state index in [1.165, 1.54) is 6.33 Å². The Kier molecular flexibility index (Phi) is 5.42. The van der Waals surface area contributed by atoms with E-state index >= 15 is 0 Å². The topological polar surface area (TPSA) is 80.1 Å². The van der Waals surface area contributed by atoms with Gasteiger partial charge in [0.2, 0.25) is 5.91 Å². The fourth-order valence-electron chi connectivity index (χ4n) is 2.92. The maximum absolute atomic E-state index is 12.3. The van der Waals surface area contributed by atoms with Crippen LogP contribution in [0.4, 0.5) is 0 Å². The van der Waals surface area contributed by atoms with E-state index in [9.17, 15) is 9.59 Å². The van der Waals surface area contributed by atoms with Crippen LogP contribution in [-0.4, -0.2) is 44.6 Å². The van der Waals surface area contributed by atoms with Gasteiger partial charge in [0.1, 0.15) is 12.7 Å². The van der Waals surface area contributed by atoms with Crippen LogP contribution >= 0.6 is 0 Å². The standard InChI is InChI=1S/C18H23N5O2/c1-14(11-23-13-19-12-21-23)17(24)20-10-15-4-6-16(7-5-15)18(25)22-8-2-3-9-22/h4-7,12-14H,2-3,8-11H2,1H3,(H,20,24). The fourth-order valence-corrected chi connectivity index (χ4v) is 2.92. The van der Waals surface area contributed by atoms with Crippen LogP contribution in [0.3, 0.4) is 0 Å². The van der Waals surface area contributed by atoms with Crippen LogP contribution in [0, 0.1) is 5.92 Å². The molecule has 1 aromatic heterocycles. The summed E-state index contributed by atoms with van der Waals surface area (Å²) < 4.78 is 1.64. The number of rotatable bonds is 6. The largest absolute Gasteiger partial charge is 0.352 e. The molecular weight excluding hydrogens is 318 g/mol. The molecule has 1 aliphatic rings. The summed E-state index contributed by atoms with van der Waals surface area (Å²) in [6.07, 6.45) is 5.22. The molecule has 1 fully saturated rings. The number of nitrogens with one attached hydrogen (secondary N) is 1. The number of hydrogen-bond acceptors (Lipinski definition) is 4. The zero-order valence-corrected chi connectivity index (χ0v) is 14.4. The van der Waals surface area contributed by atoms with Gasteiger partial charge < -0.3 is 10.2 Å². The Labute approximate surface area is 147 Å². The SMILES string of the molecule is CC(Cn1cncn1)C(=O)NCc1ccc(C(=O)N2CCCC2)cc1. The molecule has 2 amide bonds. The summed E-state index contributed by atoms with van der Waals surface area (Å²) in [6.45, 7) is 4.49. The molecule has 132 valence electrons. The Bertz CT molecular complexity index is 706. The molecule has 0 aliphatic carbocycles. The van der Waals surface area contributed by atoms with Crippen LogP contribution in [0.5, 0.6) is 0 Å². The fraction of sp³-hybridized carbons (Fsp3) is 0.444. The first kappa shape index (κ1) is 17.1. The van der Waals surface area contributed by atoms with Crippen molar-refractivity contribution in [1.29, 1.82) is 0 Å². The number of amides is 2. The molecule has 0 radical (unpaired) electrons. The lowest BCUT2D eigenvalue weighted by atomic mass is 10.1. The molecule has 1 N–H and O–H groups in total. The van der Waals surface area contributed by atoms with Gasteiger partial charge in [-0.15, -0.1) is 0 Å². The van der Waals surface area contributed by atoms with Crippen LogP contribution in [0.15, 0.2) is 36.9 Å². The zero-order valence-electron chi connectivity index (χ0n) is 14.4. The molecule has 1 aliphatic heterocycles. The molecule has 1 aromatic carbocycles. The van der Waals surface area contributed by atoms with E-state index < -0.39 is 0 Å². The third kappa shape index (κ3) is 4.43. The van der Waals surface area contributed by atoms with E-state index in [0.29, 0.717) is 18.7 Å². The minimum Gasteiger partial charge on any atom is -0.352 e. The van der Waals surface area contributed by atoms with Gasteiger partial charge in [-0.2, -0.15) is 5.10 Å². The van der Waals surface area contributed by atoms with Crippen molar-refractivity contribution in [3.63, 3.8) is 0 Å². The van der Waals surface area contributed by atoms with E-state index in [4.69, 9.17) is 0 Å². The lowest BCUT2D eigenvalue weighted by Crippen LogP contribution is -2.31. The number of carbonyl (C=O) groups excluding carboxylic acids is 2. The van der Waals surface area contributed by atoms with Crippen molar-refractivity contribution in [3.8, 4) is 0 Å². The van der Waals surface area contributed by atoms with Crippen molar-refractivity contribution in [3.05, 3.63) is 48.0 Å². The molecule has 2 aromatic rings. The molecule has 25 heavy (non-hydrogen) atoms. The molecule has 3 rings (SSSR count). The van der Waals surface area contributed by atoms with Crippen LogP contribution in [-0.2, 0) is 17.9 Å². The van der Waals surface area contributed by atoms with E-state index in [-0.39, 0.29) is 17.7 Å². The van der Waals surface area contributed by atoms with Gasteiger partial charge in [0.25, 0.3) is 5.91 Å². The quantitative estimate of drug-likeness (QED) is 0.863. The van der Waals surface area contributed by atoms with E-state index in [1.807, 2.05) is 36.1 Å². The average molecular weight is 341 g/mol. The monoisotopic (exact) mass is 341 g/mol. The first-order valence-corrected chi connectivity index (χ1v) is 8.62. The second kappa shape index (κ2) is 7.92.